The first kappa shape index (κ1) is 21.3. The predicted molar refractivity (Wildman–Crippen MR) is 112 cm³/mol. The van der Waals surface area contributed by atoms with E-state index in [1.807, 2.05) is 31.2 Å². The van der Waals surface area contributed by atoms with Crippen LogP contribution in [0.5, 0.6) is 0 Å². The molecule has 156 valence electrons. The van der Waals surface area contributed by atoms with Crippen molar-refractivity contribution in [1.29, 1.82) is 0 Å². The average Bonchev–Trinajstić information content (AvgIpc) is 2.74. The normalized spacial score (nSPS) is 16.2. The largest absolute Gasteiger partial charge is 0.379 e. The summed E-state index contributed by atoms with van der Waals surface area (Å²) in [4.78, 5) is 12.5. The van der Waals surface area contributed by atoms with Crippen molar-refractivity contribution < 1.29 is 17.9 Å². The van der Waals surface area contributed by atoms with E-state index in [1.165, 1.54) is 22.0 Å². The van der Waals surface area contributed by atoms with Gasteiger partial charge >= 0.3 is 6.03 Å². The van der Waals surface area contributed by atoms with Crippen LogP contribution in [0.15, 0.2) is 53.4 Å². The Kier molecular flexibility index (Phi) is 6.89. The highest BCUT2D eigenvalue weighted by Crippen LogP contribution is 2.21. The number of nitrogens with one attached hydrogen (secondary N) is 2. The average molecular weight is 418 g/mol. The van der Waals surface area contributed by atoms with E-state index in [9.17, 15) is 13.2 Å². The number of hydrogen-bond donors (Lipinski definition) is 2. The fraction of sp³-hybridized carbons (Fsp3) is 0.381. The molecule has 7 nitrogen and oxygen atoms in total. The minimum atomic E-state index is -3.61. The Morgan fingerprint density at radius 1 is 1.14 bits per heavy atom. The second-order valence-electron chi connectivity index (χ2n) is 6.96. The Morgan fingerprint density at radius 2 is 1.83 bits per heavy atom. The molecule has 1 fully saturated rings. The zero-order valence-corrected chi connectivity index (χ0v) is 17.5. The van der Waals surface area contributed by atoms with Crippen molar-refractivity contribution in [3.63, 3.8) is 0 Å². The molecule has 0 bridgehead atoms. The van der Waals surface area contributed by atoms with Gasteiger partial charge < -0.3 is 15.4 Å². The van der Waals surface area contributed by atoms with Crippen LogP contribution < -0.4 is 10.6 Å². The first-order valence-electron chi connectivity index (χ1n) is 9.74. The minimum absolute atomic E-state index is 0.153. The number of rotatable bonds is 6. The Labute approximate surface area is 172 Å². The van der Waals surface area contributed by atoms with Gasteiger partial charge in [-0.3, -0.25) is 0 Å². The molecule has 0 radical (unpaired) electrons. The lowest BCUT2D eigenvalue weighted by atomic mass is 10.1. The number of carbonyl (C=O) groups is 1. The summed E-state index contributed by atoms with van der Waals surface area (Å²) in [7, 11) is -3.61. The van der Waals surface area contributed by atoms with E-state index in [1.54, 1.807) is 12.1 Å². The molecular weight excluding hydrogens is 390 g/mol. The first-order chi connectivity index (χ1) is 13.9. The van der Waals surface area contributed by atoms with Gasteiger partial charge in [0.1, 0.15) is 0 Å². The molecule has 0 aliphatic carbocycles. The molecule has 0 aromatic heterocycles. The van der Waals surface area contributed by atoms with E-state index in [0.717, 1.165) is 12.0 Å². The summed E-state index contributed by atoms with van der Waals surface area (Å²) in [5.74, 6) is 0. The second kappa shape index (κ2) is 9.39. The monoisotopic (exact) mass is 417 g/mol. The number of benzene rings is 2. The van der Waals surface area contributed by atoms with Crippen molar-refractivity contribution in [2.24, 2.45) is 0 Å². The number of morpholine rings is 1. The molecule has 2 aromatic rings. The van der Waals surface area contributed by atoms with Crippen LogP contribution >= 0.6 is 0 Å². The number of carbonyl (C=O) groups excluding carboxylic acids is 1. The predicted octanol–water partition coefficient (Wildman–Crippen LogP) is 3.15. The topological polar surface area (TPSA) is 87.7 Å². The van der Waals surface area contributed by atoms with E-state index in [0.29, 0.717) is 32.0 Å². The third kappa shape index (κ3) is 5.35. The number of hydrogen-bond acceptors (Lipinski definition) is 4. The molecule has 1 aliphatic heterocycles. The van der Waals surface area contributed by atoms with Crippen molar-refractivity contribution >= 4 is 21.7 Å². The molecule has 8 heteroatoms. The highest BCUT2D eigenvalue weighted by Gasteiger charge is 2.26. The summed E-state index contributed by atoms with van der Waals surface area (Å²) in [6.07, 6.45) is 0.965. The van der Waals surface area contributed by atoms with Crippen molar-refractivity contribution in [3.05, 3.63) is 59.7 Å². The highest BCUT2D eigenvalue weighted by atomic mass is 32.2. The first-order valence-corrected chi connectivity index (χ1v) is 11.2. The Balaban J connectivity index is 1.65. The number of sulfonamides is 1. The molecule has 3 rings (SSSR count). The lowest BCUT2D eigenvalue weighted by molar-refractivity contribution is 0.0730. The zero-order valence-electron chi connectivity index (χ0n) is 16.7. The van der Waals surface area contributed by atoms with Gasteiger partial charge in [0.2, 0.25) is 10.0 Å². The second-order valence-corrected chi connectivity index (χ2v) is 8.90. The van der Waals surface area contributed by atoms with E-state index < -0.39 is 16.1 Å². The molecule has 0 saturated carbocycles. The third-order valence-electron chi connectivity index (χ3n) is 4.94. The molecular formula is C21H27N3O4S. The molecule has 1 aliphatic rings. The van der Waals surface area contributed by atoms with Gasteiger partial charge in [-0.1, -0.05) is 37.3 Å². The zero-order chi connectivity index (χ0) is 20.9. The summed E-state index contributed by atoms with van der Waals surface area (Å²) < 4.78 is 32.2. The number of aryl methyl sites for hydroxylation is 1. The number of anilines is 1. The highest BCUT2D eigenvalue weighted by molar-refractivity contribution is 7.89. The molecule has 29 heavy (non-hydrogen) atoms. The van der Waals surface area contributed by atoms with Crippen molar-refractivity contribution in [3.8, 4) is 0 Å². The Morgan fingerprint density at radius 3 is 2.48 bits per heavy atom. The SMILES string of the molecule is CCc1ccc([C@@H](C)NC(=O)Nc2cccc(S(=O)(=O)N3CCOCC3)c2)cc1. The number of nitrogens with zero attached hydrogens (tertiary/aromatic N) is 1. The maximum Gasteiger partial charge on any atom is 0.319 e. The fourth-order valence-corrected chi connectivity index (χ4v) is 4.61. The van der Waals surface area contributed by atoms with Crippen molar-refractivity contribution in [1.82, 2.24) is 9.62 Å². The van der Waals surface area contributed by atoms with Gasteiger partial charge in [-0.2, -0.15) is 4.31 Å². The van der Waals surface area contributed by atoms with Crippen LogP contribution in [0.2, 0.25) is 0 Å². The van der Waals surface area contributed by atoms with Gasteiger partial charge in [0.15, 0.2) is 0 Å². The van der Waals surface area contributed by atoms with Gasteiger partial charge in [-0.25, -0.2) is 13.2 Å². The summed E-state index contributed by atoms with van der Waals surface area (Å²) in [6.45, 7) is 5.42. The van der Waals surface area contributed by atoms with Gasteiger partial charge in [-0.15, -0.1) is 0 Å². The van der Waals surface area contributed by atoms with Crippen molar-refractivity contribution in [2.75, 3.05) is 31.6 Å². The number of amides is 2. The smallest absolute Gasteiger partial charge is 0.319 e. The van der Waals surface area contributed by atoms with Gasteiger partial charge in [-0.05, 0) is 42.7 Å². The minimum Gasteiger partial charge on any atom is -0.379 e. The van der Waals surface area contributed by atoms with Crippen LogP contribution in [0.3, 0.4) is 0 Å². The molecule has 0 unspecified atom stereocenters. The third-order valence-corrected chi connectivity index (χ3v) is 6.83. The maximum absolute atomic E-state index is 12.8. The van der Waals surface area contributed by atoms with Crippen LogP contribution in [0.1, 0.15) is 31.0 Å². The molecule has 1 saturated heterocycles. The van der Waals surface area contributed by atoms with Crippen LogP contribution in [-0.4, -0.2) is 45.1 Å². The van der Waals surface area contributed by atoms with Gasteiger partial charge in [0.25, 0.3) is 0 Å². The fourth-order valence-electron chi connectivity index (χ4n) is 3.16. The van der Waals surface area contributed by atoms with Gasteiger partial charge in [0.05, 0.1) is 24.2 Å². The lowest BCUT2D eigenvalue weighted by Gasteiger charge is -2.26. The molecule has 2 amide bonds. The number of urea groups is 1. The summed E-state index contributed by atoms with van der Waals surface area (Å²) in [6, 6.07) is 13.8. The van der Waals surface area contributed by atoms with Crippen LogP contribution in [0.4, 0.5) is 10.5 Å². The maximum atomic E-state index is 12.8. The van der Waals surface area contributed by atoms with E-state index >= 15 is 0 Å². The standard InChI is InChI=1S/C21H27N3O4S/c1-3-17-7-9-18(10-8-17)16(2)22-21(25)23-19-5-4-6-20(15-19)29(26,27)24-11-13-28-14-12-24/h4-10,15-16H,3,11-14H2,1-2H3,(H2,22,23,25)/t16-/m1/s1. The molecule has 0 spiro atoms. The van der Waals surface area contributed by atoms with Crippen LogP contribution in [-0.2, 0) is 21.2 Å². The van der Waals surface area contributed by atoms with E-state index in [2.05, 4.69) is 17.6 Å². The van der Waals surface area contributed by atoms with Crippen molar-refractivity contribution in [2.45, 2.75) is 31.2 Å². The molecule has 1 heterocycles. The summed E-state index contributed by atoms with van der Waals surface area (Å²) >= 11 is 0. The Hall–Kier alpha value is -2.42. The summed E-state index contributed by atoms with van der Waals surface area (Å²) in [5.41, 5.74) is 2.66. The van der Waals surface area contributed by atoms with E-state index in [4.69, 9.17) is 4.74 Å². The lowest BCUT2D eigenvalue weighted by Crippen LogP contribution is -2.40. The van der Waals surface area contributed by atoms with Crippen LogP contribution in [0, 0.1) is 0 Å². The quantitative estimate of drug-likeness (QED) is 0.756. The molecule has 2 N–H and O–H groups in total. The van der Waals surface area contributed by atoms with Gasteiger partial charge in [0, 0.05) is 18.8 Å². The van der Waals surface area contributed by atoms with Crippen LogP contribution in [0.25, 0.3) is 0 Å². The molecule has 1 atom stereocenters. The molecule has 2 aromatic carbocycles. The van der Waals surface area contributed by atoms with E-state index in [-0.39, 0.29) is 10.9 Å². The number of ether oxygens (including phenoxy) is 1. The Bertz CT molecular complexity index is 939. The summed E-state index contributed by atoms with van der Waals surface area (Å²) in [5, 5.41) is 5.60.